The molecule has 0 spiro atoms. The summed E-state index contributed by atoms with van der Waals surface area (Å²) in [5.41, 5.74) is 4.38. The predicted molar refractivity (Wildman–Crippen MR) is 83.4 cm³/mol. The third-order valence-corrected chi connectivity index (χ3v) is 4.76. The zero-order valence-electron chi connectivity index (χ0n) is 12.5. The molecule has 0 radical (unpaired) electrons. The summed E-state index contributed by atoms with van der Waals surface area (Å²) < 4.78 is 5.26. The Morgan fingerprint density at radius 2 is 1.70 bits per heavy atom. The first-order chi connectivity index (χ1) is 9.70. The highest BCUT2D eigenvalue weighted by Crippen LogP contribution is 2.53. The summed E-state index contributed by atoms with van der Waals surface area (Å²) in [6.07, 6.45) is 1.29. The summed E-state index contributed by atoms with van der Waals surface area (Å²) in [7, 11) is 1.72. The normalized spacial score (nSPS) is 25.1. The van der Waals surface area contributed by atoms with Crippen molar-refractivity contribution in [1.29, 1.82) is 0 Å². The standard InChI is InChI=1S/C19H22O/c1-13-6-4-5-7-17(13)18-12-14(2)19(18)15-8-10-16(20-3)11-9-15/h4-11,14,18-19H,12H2,1-3H3/t14-,18-,19-/m1/s1. The third kappa shape index (κ3) is 2.22. The summed E-state index contributed by atoms with van der Waals surface area (Å²) >= 11 is 0. The number of benzene rings is 2. The zero-order chi connectivity index (χ0) is 14.1. The van der Waals surface area contributed by atoms with Crippen molar-refractivity contribution in [2.24, 2.45) is 5.92 Å². The molecule has 1 nitrogen and oxygen atoms in total. The highest BCUT2D eigenvalue weighted by Gasteiger charge is 2.40. The van der Waals surface area contributed by atoms with Crippen molar-refractivity contribution < 1.29 is 4.74 Å². The molecular weight excluding hydrogens is 244 g/mol. The number of ether oxygens (including phenoxy) is 1. The molecule has 20 heavy (non-hydrogen) atoms. The van der Waals surface area contributed by atoms with Crippen LogP contribution >= 0.6 is 0 Å². The van der Waals surface area contributed by atoms with Crippen molar-refractivity contribution >= 4 is 0 Å². The van der Waals surface area contributed by atoms with E-state index in [1.807, 2.05) is 0 Å². The average Bonchev–Trinajstić information content (AvgIpc) is 2.46. The van der Waals surface area contributed by atoms with Crippen LogP contribution in [0.5, 0.6) is 5.75 Å². The lowest BCUT2D eigenvalue weighted by molar-refractivity contribution is 0.226. The Kier molecular flexibility index (Phi) is 3.52. The number of rotatable bonds is 3. The molecular formula is C19H22O. The van der Waals surface area contributed by atoms with Gasteiger partial charge in [0.05, 0.1) is 7.11 Å². The van der Waals surface area contributed by atoms with Gasteiger partial charge in [-0.05, 0) is 59.9 Å². The van der Waals surface area contributed by atoms with Crippen molar-refractivity contribution in [3.05, 3.63) is 65.2 Å². The molecule has 1 fully saturated rings. The van der Waals surface area contributed by atoms with Crippen LogP contribution in [0, 0.1) is 12.8 Å². The fourth-order valence-electron chi connectivity index (χ4n) is 3.60. The third-order valence-electron chi connectivity index (χ3n) is 4.76. The predicted octanol–water partition coefficient (Wildman–Crippen LogP) is 4.91. The minimum Gasteiger partial charge on any atom is -0.497 e. The van der Waals surface area contributed by atoms with Crippen LogP contribution < -0.4 is 4.74 Å². The molecule has 0 unspecified atom stereocenters. The first kappa shape index (κ1) is 13.2. The van der Waals surface area contributed by atoms with Gasteiger partial charge in [-0.2, -0.15) is 0 Å². The van der Waals surface area contributed by atoms with Crippen molar-refractivity contribution in [3.63, 3.8) is 0 Å². The molecule has 2 aromatic carbocycles. The minimum atomic E-state index is 0.641. The van der Waals surface area contributed by atoms with Gasteiger partial charge in [0.15, 0.2) is 0 Å². The Balaban J connectivity index is 1.89. The second kappa shape index (κ2) is 5.32. The second-order valence-corrected chi connectivity index (χ2v) is 5.98. The Hall–Kier alpha value is -1.76. The Labute approximate surface area is 121 Å². The Morgan fingerprint density at radius 1 is 1.00 bits per heavy atom. The van der Waals surface area contributed by atoms with E-state index in [1.54, 1.807) is 7.11 Å². The lowest BCUT2D eigenvalue weighted by Gasteiger charge is -2.44. The van der Waals surface area contributed by atoms with Crippen LogP contribution in [0.15, 0.2) is 48.5 Å². The highest BCUT2D eigenvalue weighted by atomic mass is 16.5. The molecule has 1 saturated carbocycles. The van der Waals surface area contributed by atoms with E-state index in [2.05, 4.69) is 62.4 Å². The molecule has 0 bridgehead atoms. The van der Waals surface area contributed by atoms with Gasteiger partial charge < -0.3 is 4.74 Å². The maximum atomic E-state index is 5.26. The zero-order valence-corrected chi connectivity index (χ0v) is 12.5. The molecule has 0 aromatic heterocycles. The lowest BCUT2D eigenvalue weighted by Crippen LogP contribution is -2.31. The molecule has 3 rings (SSSR count). The van der Waals surface area contributed by atoms with Crippen LogP contribution in [-0.4, -0.2) is 7.11 Å². The van der Waals surface area contributed by atoms with E-state index in [-0.39, 0.29) is 0 Å². The van der Waals surface area contributed by atoms with Crippen LogP contribution in [0.2, 0.25) is 0 Å². The SMILES string of the molecule is COc1ccc([C@H]2[C@H](C)C[C@@H]2c2ccccc2C)cc1. The monoisotopic (exact) mass is 266 g/mol. The topological polar surface area (TPSA) is 9.23 Å². The van der Waals surface area contributed by atoms with E-state index in [9.17, 15) is 0 Å². The molecule has 3 atom stereocenters. The van der Waals surface area contributed by atoms with Gasteiger partial charge in [0.1, 0.15) is 5.75 Å². The largest absolute Gasteiger partial charge is 0.497 e. The Bertz CT molecular complexity index is 585. The van der Waals surface area contributed by atoms with Gasteiger partial charge in [-0.15, -0.1) is 0 Å². The molecule has 0 aliphatic heterocycles. The maximum absolute atomic E-state index is 5.26. The fraction of sp³-hybridized carbons (Fsp3) is 0.368. The van der Waals surface area contributed by atoms with E-state index in [0.717, 1.165) is 11.7 Å². The molecule has 0 N–H and O–H groups in total. The first-order valence-electron chi connectivity index (χ1n) is 7.40. The molecule has 2 aromatic rings. The maximum Gasteiger partial charge on any atom is 0.118 e. The molecule has 1 aliphatic rings. The van der Waals surface area contributed by atoms with E-state index in [4.69, 9.17) is 4.74 Å². The Morgan fingerprint density at radius 3 is 2.30 bits per heavy atom. The van der Waals surface area contributed by atoms with Crippen molar-refractivity contribution in [3.8, 4) is 5.75 Å². The minimum absolute atomic E-state index is 0.641. The molecule has 0 amide bonds. The summed E-state index contributed by atoms with van der Waals surface area (Å²) in [6, 6.07) is 17.4. The number of aryl methyl sites for hydroxylation is 1. The van der Waals surface area contributed by atoms with Crippen LogP contribution in [0.25, 0.3) is 0 Å². The number of methoxy groups -OCH3 is 1. The van der Waals surface area contributed by atoms with E-state index < -0.39 is 0 Å². The molecule has 1 heteroatoms. The quantitative estimate of drug-likeness (QED) is 0.767. The average molecular weight is 266 g/mol. The summed E-state index contributed by atoms with van der Waals surface area (Å²) in [5.74, 6) is 3.00. The van der Waals surface area contributed by atoms with E-state index >= 15 is 0 Å². The van der Waals surface area contributed by atoms with Crippen LogP contribution in [0.3, 0.4) is 0 Å². The van der Waals surface area contributed by atoms with Gasteiger partial charge in [0, 0.05) is 0 Å². The van der Waals surface area contributed by atoms with Gasteiger partial charge in [-0.3, -0.25) is 0 Å². The number of hydrogen-bond donors (Lipinski definition) is 0. The van der Waals surface area contributed by atoms with E-state index in [0.29, 0.717) is 11.8 Å². The van der Waals surface area contributed by atoms with Gasteiger partial charge in [-0.1, -0.05) is 43.3 Å². The molecule has 0 heterocycles. The van der Waals surface area contributed by atoms with Crippen molar-refractivity contribution in [2.45, 2.75) is 32.1 Å². The van der Waals surface area contributed by atoms with E-state index in [1.165, 1.54) is 23.1 Å². The highest BCUT2D eigenvalue weighted by molar-refractivity contribution is 5.39. The first-order valence-corrected chi connectivity index (χ1v) is 7.40. The summed E-state index contributed by atoms with van der Waals surface area (Å²) in [5, 5.41) is 0. The summed E-state index contributed by atoms with van der Waals surface area (Å²) in [6.45, 7) is 4.59. The second-order valence-electron chi connectivity index (χ2n) is 5.98. The van der Waals surface area contributed by atoms with Gasteiger partial charge in [-0.25, -0.2) is 0 Å². The summed E-state index contributed by atoms with van der Waals surface area (Å²) in [4.78, 5) is 0. The smallest absolute Gasteiger partial charge is 0.118 e. The fourth-order valence-corrected chi connectivity index (χ4v) is 3.60. The number of hydrogen-bond acceptors (Lipinski definition) is 1. The molecule has 1 aliphatic carbocycles. The van der Waals surface area contributed by atoms with Crippen LogP contribution in [-0.2, 0) is 0 Å². The van der Waals surface area contributed by atoms with Crippen molar-refractivity contribution in [2.75, 3.05) is 7.11 Å². The van der Waals surface area contributed by atoms with Crippen molar-refractivity contribution in [1.82, 2.24) is 0 Å². The van der Waals surface area contributed by atoms with Gasteiger partial charge in [0.2, 0.25) is 0 Å². The lowest BCUT2D eigenvalue weighted by atomic mass is 9.60. The molecule has 104 valence electrons. The van der Waals surface area contributed by atoms with Crippen LogP contribution in [0.4, 0.5) is 0 Å². The van der Waals surface area contributed by atoms with Crippen LogP contribution in [0.1, 0.15) is 41.9 Å². The van der Waals surface area contributed by atoms with Gasteiger partial charge >= 0.3 is 0 Å². The molecule has 0 saturated heterocycles. The van der Waals surface area contributed by atoms with Gasteiger partial charge in [0.25, 0.3) is 0 Å².